The van der Waals surface area contributed by atoms with Crippen LogP contribution in [-0.2, 0) is 11.3 Å². The van der Waals surface area contributed by atoms with Crippen LogP contribution in [0.1, 0.15) is 25.3 Å². The van der Waals surface area contributed by atoms with Crippen LogP contribution in [-0.4, -0.2) is 22.1 Å². The monoisotopic (exact) mass is 337 g/mol. The fraction of sp³-hybridized carbons (Fsp3) is 0.300. The van der Waals surface area contributed by atoms with Crippen molar-refractivity contribution in [3.63, 3.8) is 0 Å². The van der Waals surface area contributed by atoms with E-state index >= 15 is 0 Å². The third-order valence-electron chi connectivity index (χ3n) is 4.03. The molecule has 0 aliphatic rings. The van der Waals surface area contributed by atoms with Crippen LogP contribution in [0.25, 0.3) is 11.0 Å². The zero-order chi connectivity index (χ0) is 17.6. The minimum Gasteiger partial charge on any atom is -0.494 e. The lowest BCUT2D eigenvalue weighted by Crippen LogP contribution is -2.16. The summed E-state index contributed by atoms with van der Waals surface area (Å²) in [5.74, 6) is 1.40. The van der Waals surface area contributed by atoms with Crippen LogP contribution in [0.15, 0.2) is 48.5 Å². The molecule has 25 heavy (non-hydrogen) atoms. The van der Waals surface area contributed by atoms with Crippen LogP contribution in [0.3, 0.4) is 0 Å². The molecule has 0 saturated heterocycles. The molecule has 0 aliphatic carbocycles. The van der Waals surface area contributed by atoms with Crippen LogP contribution < -0.4 is 10.1 Å². The Bertz CT molecular complexity index is 870. The molecule has 3 aromatic rings. The maximum Gasteiger partial charge on any atom is 0.226 e. The van der Waals surface area contributed by atoms with E-state index in [2.05, 4.69) is 10.3 Å². The fourth-order valence-corrected chi connectivity index (χ4v) is 2.81. The number of carbonyl (C=O) groups excluding carboxylic acids is 1. The number of hydrogen-bond donors (Lipinski definition) is 1. The Hall–Kier alpha value is -2.82. The molecular formula is C20H23N3O2. The molecule has 0 fully saturated rings. The van der Waals surface area contributed by atoms with Gasteiger partial charge in [0.2, 0.25) is 11.9 Å². The summed E-state index contributed by atoms with van der Waals surface area (Å²) >= 11 is 0. The normalized spacial score (nSPS) is 10.8. The number of benzene rings is 2. The first-order valence-corrected chi connectivity index (χ1v) is 8.62. The Morgan fingerprint density at radius 1 is 1.20 bits per heavy atom. The smallest absolute Gasteiger partial charge is 0.226 e. The van der Waals surface area contributed by atoms with E-state index in [-0.39, 0.29) is 5.91 Å². The Balaban J connectivity index is 1.53. The average molecular weight is 337 g/mol. The number of para-hydroxylation sites is 2. The number of imidazole rings is 1. The van der Waals surface area contributed by atoms with Crippen molar-refractivity contribution >= 4 is 22.9 Å². The van der Waals surface area contributed by atoms with E-state index in [1.54, 1.807) is 0 Å². The van der Waals surface area contributed by atoms with Crippen molar-refractivity contribution < 1.29 is 9.53 Å². The zero-order valence-electron chi connectivity index (χ0n) is 14.7. The Morgan fingerprint density at radius 3 is 2.84 bits per heavy atom. The predicted octanol–water partition coefficient (Wildman–Crippen LogP) is 4.16. The number of fused-ring (bicyclic) bond motifs is 1. The van der Waals surface area contributed by atoms with E-state index in [1.165, 1.54) is 0 Å². The summed E-state index contributed by atoms with van der Waals surface area (Å²) in [6.07, 6.45) is 1.06. The second kappa shape index (κ2) is 7.83. The van der Waals surface area contributed by atoms with Crippen molar-refractivity contribution in [3.8, 4) is 5.75 Å². The van der Waals surface area contributed by atoms with Gasteiger partial charge in [-0.1, -0.05) is 24.3 Å². The maximum absolute atomic E-state index is 12.2. The summed E-state index contributed by atoms with van der Waals surface area (Å²) < 4.78 is 7.69. The summed E-state index contributed by atoms with van der Waals surface area (Å²) in [6.45, 7) is 5.34. The molecule has 1 amide bonds. The van der Waals surface area contributed by atoms with Crippen molar-refractivity contribution in [1.82, 2.24) is 9.55 Å². The van der Waals surface area contributed by atoms with Gasteiger partial charge in [-0.05, 0) is 50.1 Å². The second-order valence-corrected chi connectivity index (χ2v) is 5.99. The van der Waals surface area contributed by atoms with Gasteiger partial charge in [0.15, 0.2) is 0 Å². The minimum absolute atomic E-state index is 0.0437. The van der Waals surface area contributed by atoms with Gasteiger partial charge in [0.25, 0.3) is 0 Å². The number of carbonyl (C=O) groups is 1. The fourth-order valence-electron chi connectivity index (χ4n) is 2.81. The third kappa shape index (κ3) is 4.18. The van der Waals surface area contributed by atoms with Gasteiger partial charge in [-0.3, -0.25) is 10.1 Å². The third-order valence-corrected chi connectivity index (χ3v) is 4.03. The second-order valence-electron chi connectivity index (χ2n) is 5.99. The number of anilines is 1. The molecule has 130 valence electrons. The van der Waals surface area contributed by atoms with E-state index in [1.807, 2.05) is 66.9 Å². The first kappa shape index (κ1) is 17.0. The molecule has 0 radical (unpaired) electrons. The van der Waals surface area contributed by atoms with Crippen molar-refractivity contribution in [2.24, 2.45) is 0 Å². The molecule has 1 aromatic heterocycles. The number of ether oxygens (including phenoxy) is 1. The molecule has 0 aliphatic heterocycles. The summed E-state index contributed by atoms with van der Waals surface area (Å²) in [4.78, 5) is 16.7. The van der Waals surface area contributed by atoms with Gasteiger partial charge in [-0.2, -0.15) is 0 Å². The van der Waals surface area contributed by atoms with Gasteiger partial charge in [-0.15, -0.1) is 0 Å². The highest BCUT2D eigenvalue weighted by Gasteiger charge is 2.11. The summed E-state index contributed by atoms with van der Waals surface area (Å²) in [5, 5.41) is 2.92. The highest BCUT2D eigenvalue weighted by atomic mass is 16.5. The number of aryl methyl sites for hydroxylation is 2. The summed E-state index contributed by atoms with van der Waals surface area (Å²) in [6, 6.07) is 15.8. The quantitative estimate of drug-likeness (QED) is 0.659. The topological polar surface area (TPSA) is 56.2 Å². The first-order chi connectivity index (χ1) is 12.2. The van der Waals surface area contributed by atoms with E-state index < -0.39 is 0 Å². The van der Waals surface area contributed by atoms with E-state index in [9.17, 15) is 4.79 Å². The molecule has 2 aromatic carbocycles. The molecule has 0 unspecified atom stereocenters. The Labute approximate surface area is 147 Å². The number of nitrogens with zero attached hydrogens (tertiary/aromatic N) is 2. The van der Waals surface area contributed by atoms with Gasteiger partial charge >= 0.3 is 0 Å². The first-order valence-electron chi connectivity index (χ1n) is 8.62. The molecular weight excluding hydrogens is 314 g/mol. The summed E-state index contributed by atoms with van der Waals surface area (Å²) in [7, 11) is 0. The van der Waals surface area contributed by atoms with E-state index in [0.717, 1.165) is 28.9 Å². The largest absolute Gasteiger partial charge is 0.494 e. The molecule has 0 spiro atoms. The lowest BCUT2D eigenvalue weighted by Gasteiger charge is -2.08. The van der Waals surface area contributed by atoms with Gasteiger partial charge in [0.1, 0.15) is 5.75 Å². The molecule has 5 nitrogen and oxygen atoms in total. The van der Waals surface area contributed by atoms with E-state index in [4.69, 9.17) is 4.74 Å². The lowest BCUT2D eigenvalue weighted by molar-refractivity contribution is -0.116. The maximum atomic E-state index is 12.2. The van der Waals surface area contributed by atoms with Crippen LogP contribution in [0.2, 0.25) is 0 Å². The zero-order valence-corrected chi connectivity index (χ0v) is 14.7. The molecule has 0 saturated carbocycles. The van der Waals surface area contributed by atoms with Crippen LogP contribution >= 0.6 is 0 Å². The molecule has 5 heteroatoms. The van der Waals surface area contributed by atoms with E-state index in [0.29, 0.717) is 25.4 Å². The lowest BCUT2D eigenvalue weighted by atomic mass is 10.2. The number of aromatic nitrogens is 2. The highest BCUT2D eigenvalue weighted by Crippen LogP contribution is 2.19. The predicted molar refractivity (Wildman–Crippen MR) is 99.9 cm³/mol. The molecule has 0 bridgehead atoms. The standard InChI is InChI=1S/C20H23N3O2/c1-3-23-18-11-5-4-10-17(18)21-20(23)22-19(24)12-7-13-25-16-9-6-8-15(2)14-16/h4-6,8-11,14H,3,7,12-13H2,1-2H3,(H,21,22,24). The minimum atomic E-state index is -0.0437. The van der Waals surface area contributed by atoms with Crippen molar-refractivity contribution in [3.05, 3.63) is 54.1 Å². The molecule has 1 N–H and O–H groups in total. The highest BCUT2D eigenvalue weighted by molar-refractivity contribution is 5.91. The SMILES string of the molecule is CCn1c(NC(=O)CCCOc2cccc(C)c2)nc2ccccc21. The Kier molecular flexibility index (Phi) is 5.33. The molecule has 0 atom stereocenters. The number of hydrogen-bond acceptors (Lipinski definition) is 3. The van der Waals surface area contributed by atoms with Crippen molar-refractivity contribution in [2.45, 2.75) is 33.2 Å². The van der Waals surface area contributed by atoms with Gasteiger partial charge < -0.3 is 9.30 Å². The number of amides is 1. The average Bonchev–Trinajstić information content (AvgIpc) is 2.95. The van der Waals surface area contributed by atoms with Gasteiger partial charge in [0, 0.05) is 13.0 Å². The molecule has 3 rings (SSSR count). The van der Waals surface area contributed by atoms with Crippen LogP contribution in [0.5, 0.6) is 5.75 Å². The van der Waals surface area contributed by atoms with Gasteiger partial charge in [-0.25, -0.2) is 4.98 Å². The van der Waals surface area contributed by atoms with Crippen molar-refractivity contribution in [1.29, 1.82) is 0 Å². The molecule has 1 heterocycles. The van der Waals surface area contributed by atoms with Crippen molar-refractivity contribution in [2.75, 3.05) is 11.9 Å². The van der Waals surface area contributed by atoms with Gasteiger partial charge in [0.05, 0.1) is 17.6 Å². The van der Waals surface area contributed by atoms with Crippen LogP contribution in [0.4, 0.5) is 5.95 Å². The Morgan fingerprint density at radius 2 is 2.04 bits per heavy atom. The number of rotatable bonds is 7. The van der Waals surface area contributed by atoms with Crippen LogP contribution in [0, 0.1) is 6.92 Å². The number of nitrogens with one attached hydrogen (secondary N) is 1. The summed E-state index contributed by atoms with van der Waals surface area (Å²) in [5.41, 5.74) is 3.08.